The Bertz CT molecular complexity index is 1150. The second-order valence-electron chi connectivity index (χ2n) is 5.98. The van der Waals surface area contributed by atoms with Gasteiger partial charge in [-0.25, -0.2) is 4.98 Å². The molecule has 0 amide bonds. The second kappa shape index (κ2) is 5.94. The van der Waals surface area contributed by atoms with E-state index in [1.807, 2.05) is 22.6 Å². The molecule has 2 aromatic heterocycles. The van der Waals surface area contributed by atoms with Crippen LogP contribution in [0.2, 0.25) is 0 Å². The highest BCUT2D eigenvalue weighted by atomic mass is 79.9. The Labute approximate surface area is 153 Å². The molecule has 0 aliphatic rings. The van der Waals surface area contributed by atoms with Gasteiger partial charge >= 0.3 is 0 Å². The number of halogens is 1. The SMILES string of the molecule is Cc1cc(C(C)Br)c2nc(-c3ccccc3C#N)n3cnnc3c2c1. The first-order chi connectivity index (χ1) is 12.1. The average molecular weight is 392 g/mol. The summed E-state index contributed by atoms with van der Waals surface area (Å²) >= 11 is 3.67. The van der Waals surface area contributed by atoms with Crippen LogP contribution >= 0.6 is 15.9 Å². The number of benzene rings is 2. The maximum atomic E-state index is 9.47. The predicted octanol–water partition coefficient (Wildman–Crippen LogP) is 4.58. The van der Waals surface area contributed by atoms with Crippen LogP contribution in [-0.4, -0.2) is 19.6 Å². The highest BCUT2D eigenvalue weighted by molar-refractivity contribution is 9.09. The molecule has 2 aromatic carbocycles. The zero-order chi connectivity index (χ0) is 17.6. The van der Waals surface area contributed by atoms with Crippen LogP contribution in [0.4, 0.5) is 0 Å². The van der Waals surface area contributed by atoms with Gasteiger partial charge in [-0.1, -0.05) is 34.1 Å². The van der Waals surface area contributed by atoms with E-state index in [1.165, 1.54) is 0 Å². The summed E-state index contributed by atoms with van der Waals surface area (Å²) in [6, 6.07) is 13.9. The lowest BCUT2D eigenvalue weighted by Crippen LogP contribution is -2.01. The first-order valence-corrected chi connectivity index (χ1v) is 8.79. The molecular weight excluding hydrogens is 378 g/mol. The van der Waals surface area contributed by atoms with Crippen molar-refractivity contribution in [2.75, 3.05) is 0 Å². The number of fused-ring (bicyclic) bond motifs is 3. The zero-order valence-corrected chi connectivity index (χ0v) is 15.3. The molecule has 0 radical (unpaired) electrons. The monoisotopic (exact) mass is 391 g/mol. The van der Waals surface area contributed by atoms with Crippen LogP contribution < -0.4 is 0 Å². The fourth-order valence-electron chi connectivity index (χ4n) is 3.10. The van der Waals surface area contributed by atoms with Crippen LogP contribution in [0, 0.1) is 18.3 Å². The van der Waals surface area contributed by atoms with Crippen molar-refractivity contribution in [1.82, 2.24) is 19.6 Å². The molecule has 0 fully saturated rings. The Morgan fingerprint density at radius 1 is 1.24 bits per heavy atom. The van der Waals surface area contributed by atoms with Crippen molar-refractivity contribution >= 4 is 32.5 Å². The lowest BCUT2D eigenvalue weighted by molar-refractivity contribution is 1.08. The number of nitrogens with zero attached hydrogens (tertiary/aromatic N) is 5. The fraction of sp³-hybridized carbons (Fsp3) is 0.158. The minimum Gasteiger partial charge on any atom is -0.264 e. The number of alkyl halides is 1. The summed E-state index contributed by atoms with van der Waals surface area (Å²) in [7, 11) is 0. The van der Waals surface area contributed by atoms with E-state index in [1.54, 1.807) is 12.4 Å². The third kappa shape index (κ3) is 2.48. The first-order valence-electron chi connectivity index (χ1n) is 7.87. The molecule has 0 aliphatic carbocycles. The molecule has 122 valence electrons. The second-order valence-corrected chi connectivity index (χ2v) is 7.36. The van der Waals surface area contributed by atoms with E-state index in [0.717, 1.165) is 33.2 Å². The maximum Gasteiger partial charge on any atom is 0.171 e. The van der Waals surface area contributed by atoms with Gasteiger partial charge in [0.25, 0.3) is 0 Å². The number of hydrogen-bond donors (Lipinski definition) is 0. The smallest absolute Gasteiger partial charge is 0.171 e. The van der Waals surface area contributed by atoms with Crippen LogP contribution in [0.5, 0.6) is 0 Å². The molecule has 25 heavy (non-hydrogen) atoms. The zero-order valence-electron chi connectivity index (χ0n) is 13.7. The number of aryl methyl sites for hydroxylation is 1. The molecule has 6 heteroatoms. The van der Waals surface area contributed by atoms with Gasteiger partial charge in [0.05, 0.1) is 17.1 Å². The highest BCUT2D eigenvalue weighted by Crippen LogP contribution is 2.33. The van der Waals surface area contributed by atoms with Gasteiger partial charge in [-0.15, -0.1) is 10.2 Å². The van der Waals surface area contributed by atoms with Crippen LogP contribution in [0.25, 0.3) is 27.9 Å². The Balaban J connectivity index is 2.19. The Kier molecular flexibility index (Phi) is 3.74. The topological polar surface area (TPSA) is 66.9 Å². The molecule has 1 atom stereocenters. The minimum atomic E-state index is 0.145. The van der Waals surface area contributed by atoms with Crippen molar-refractivity contribution in [3.8, 4) is 17.5 Å². The van der Waals surface area contributed by atoms with Crippen LogP contribution in [-0.2, 0) is 0 Å². The van der Waals surface area contributed by atoms with E-state index in [9.17, 15) is 5.26 Å². The van der Waals surface area contributed by atoms with Gasteiger partial charge in [-0.05, 0) is 43.2 Å². The number of rotatable bonds is 2. The number of hydrogen-bond acceptors (Lipinski definition) is 4. The van der Waals surface area contributed by atoms with Crippen molar-refractivity contribution in [1.29, 1.82) is 5.26 Å². The van der Waals surface area contributed by atoms with Gasteiger partial charge in [-0.2, -0.15) is 5.26 Å². The summed E-state index contributed by atoms with van der Waals surface area (Å²) in [5, 5.41) is 18.8. The number of nitriles is 1. The molecule has 1 unspecified atom stereocenters. The summed E-state index contributed by atoms with van der Waals surface area (Å²) in [6.07, 6.45) is 1.64. The molecule has 0 bridgehead atoms. The molecular formula is C19H14BrN5. The third-order valence-electron chi connectivity index (χ3n) is 4.24. The molecule has 2 heterocycles. The van der Waals surface area contributed by atoms with Gasteiger partial charge in [0, 0.05) is 15.8 Å². The highest BCUT2D eigenvalue weighted by Gasteiger charge is 2.18. The molecule has 4 rings (SSSR count). The molecule has 0 saturated carbocycles. The maximum absolute atomic E-state index is 9.47. The standard InChI is InChI=1S/C19H14BrN5/c1-11-7-15(12(2)20)17-16(8-11)19-24-22-10-25(19)18(23-17)14-6-4-3-5-13(14)9-21/h3-8,10,12H,1-2H3. The van der Waals surface area contributed by atoms with Gasteiger partial charge in [-0.3, -0.25) is 4.40 Å². The van der Waals surface area contributed by atoms with Crippen molar-refractivity contribution in [3.63, 3.8) is 0 Å². The lowest BCUT2D eigenvalue weighted by atomic mass is 10.0. The van der Waals surface area contributed by atoms with E-state index >= 15 is 0 Å². The first kappa shape index (κ1) is 15.7. The normalized spacial score (nSPS) is 12.4. The molecule has 5 nitrogen and oxygen atoms in total. The molecule has 0 aliphatic heterocycles. The van der Waals surface area contributed by atoms with Gasteiger partial charge in [0.15, 0.2) is 5.65 Å². The van der Waals surface area contributed by atoms with Gasteiger partial charge in [0.2, 0.25) is 0 Å². The van der Waals surface area contributed by atoms with Crippen molar-refractivity contribution in [2.45, 2.75) is 18.7 Å². The quantitative estimate of drug-likeness (QED) is 0.469. The van der Waals surface area contributed by atoms with Crippen molar-refractivity contribution in [2.24, 2.45) is 0 Å². The van der Waals surface area contributed by atoms with Crippen LogP contribution in [0.1, 0.15) is 28.4 Å². The summed E-state index contributed by atoms with van der Waals surface area (Å²) < 4.78 is 1.85. The molecule has 4 aromatic rings. The van der Waals surface area contributed by atoms with E-state index in [4.69, 9.17) is 4.98 Å². The minimum absolute atomic E-state index is 0.145. The summed E-state index contributed by atoms with van der Waals surface area (Å²) in [4.78, 5) is 5.06. The lowest BCUT2D eigenvalue weighted by Gasteiger charge is -2.13. The Morgan fingerprint density at radius 3 is 2.80 bits per heavy atom. The fourth-order valence-corrected chi connectivity index (χ4v) is 3.45. The van der Waals surface area contributed by atoms with Crippen LogP contribution in [0.3, 0.4) is 0 Å². The van der Waals surface area contributed by atoms with E-state index in [2.05, 4.69) is 58.2 Å². The largest absolute Gasteiger partial charge is 0.264 e. The third-order valence-corrected chi connectivity index (χ3v) is 4.73. The van der Waals surface area contributed by atoms with Crippen molar-refractivity contribution < 1.29 is 0 Å². The van der Waals surface area contributed by atoms with Gasteiger partial charge in [0.1, 0.15) is 12.2 Å². The summed E-state index contributed by atoms with van der Waals surface area (Å²) in [5.41, 5.74) is 5.20. The summed E-state index contributed by atoms with van der Waals surface area (Å²) in [5.74, 6) is 0.669. The molecule has 0 spiro atoms. The van der Waals surface area contributed by atoms with E-state index < -0.39 is 0 Å². The Morgan fingerprint density at radius 2 is 2.04 bits per heavy atom. The predicted molar refractivity (Wildman–Crippen MR) is 101 cm³/mol. The summed E-state index contributed by atoms with van der Waals surface area (Å²) in [6.45, 7) is 4.14. The average Bonchev–Trinajstić information content (AvgIpc) is 3.10. The number of aromatic nitrogens is 4. The Hall–Kier alpha value is -2.78. The van der Waals surface area contributed by atoms with Crippen LogP contribution in [0.15, 0.2) is 42.7 Å². The molecule has 0 N–H and O–H groups in total. The van der Waals surface area contributed by atoms with Gasteiger partial charge < -0.3 is 0 Å². The molecule has 0 saturated heterocycles. The van der Waals surface area contributed by atoms with Crippen molar-refractivity contribution in [3.05, 3.63) is 59.4 Å². The van der Waals surface area contributed by atoms with E-state index in [-0.39, 0.29) is 4.83 Å². The van der Waals surface area contributed by atoms with E-state index in [0.29, 0.717) is 11.4 Å².